The average Bonchev–Trinajstić information content (AvgIpc) is 3.12. The molecule has 3 rings (SSSR count). The number of nitrogens with one attached hydrogen (secondary N) is 1. The van der Waals surface area contributed by atoms with Crippen LogP contribution < -0.4 is 5.32 Å². The van der Waals surface area contributed by atoms with Gasteiger partial charge in [0.15, 0.2) is 6.61 Å². The fourth-order valence-electron chi connectivity index (χ4n) is 2.98. The highest BCUT2D eigenvalue weighted by Gasteiger charge is 2.28. The summed E-state index contributed by atoms with van der Waals surface area (Å²) in [6, 6.07) is 5.73. The molecule has 1 N–H and O–H groups in total. The maximum absolute atomic E-state index is 12.3. The second kappa shape index (κ2) is 10.4. The van der Waals surface area contributed by atoms with Gasteiger partial charge in [-0.15, -0.1) is 11.3 Å². The van der Waals surface area contributed by atoms with Crippen molar-refractivity contribution < 1.29 is 23.9 Å². The highest BCUT2D eigenvalue weighted by molar-refractivity contribution is 7.16. The highest BCUT2D eigenvalue weighted by atomic mass is 32.1. The third kappa shape index (κ3) is 5.67. The van der Waals surface area contributed by atoms with Crippen LogP contribution in [0.1, 0.15) is 28.5 Å². The Hall–Kier alpha value is -3.71. The minimum absolute atomic E-state index is 0.210. The van der Waals surface area contributed by atoms with E-state index in [1.165, 1.54) is 22.3 Å². The van der Waals surface area contributed by atoms with Gasteiger partial charge in [-0.1, -0.05) is 6.07 Å². The molecule has 0 atom stereocenters. The maximum atomic E-state index is 12.3. The Kier molecular flexibility index (Phi) is 7.35. The van der Waals surface area contributed by atoms with Crippen LogP contribution in [0.5, 0.6) is 0 Å². The number of hydrogen-bond acceptors (Lipinski definition) is 8. The lowest BCUT2D eigenvalue weighted by molar-refractivity contribution is -0.146. The summed E-state index contributed by atoms with van der Waals surface area (Å²) >= 11 is 1.25. The fraction of sp³-hybridized carbons (Fsp3) is 0.286. The number of thiophene rings is 1. The first kappa shape index (κ1) is 22.0. The first-order chi connectivity index (χ1) is 15.0. The number of carbonyl (C=O) groups excluding carboxylic acids is 3. The van der Waals surface area contributed by atoms with Crippen molar-refractivity contribution in [1.29, 1.82) is 5.26 Å². The van der Waals surface area contributed by atoms with Gasteiger partial charge in [-0.3, -0.25) is 9.78 Å². The van der Waals surface area contributed by atoms with Crippen LogP contribution in [0.4, 0.5) is 9.80 Å². The summed E-state index contributed by atoms with van der Waals surface area (Å²) in [5.41, 5.74) is 2.00. The number of nitrogens with zero attached hydrogens (tertiary/aromatic N) is 3. The van der Waals surface area contributed by atoms with E-state index < -0.39 is 18.7 Å². The molecule has 0 aromatic carbocycles. The molecule has 2 amide bonds. The van der Waals surface area contributed by atoms with Gasteiger partial charge in [0.25, 0.3) is 0 Å². The third-order valence-electron chi connectivity index (χ3n) is 4.39. The standard InChI is InChI=1S/C21H20N4O5S/c1-2-29-19(27)13-30-21(28)25-9-7-15-16(10-22)20(31-17(15)12-25)24-18(26)6-5-14-4-3-8-23-11-14/h3-6,8,11H,2,7,9,12-13H2,1H3,(H,24,26). The minimum atomic E-state index is -0.629. The number of rotatable bonds is 6. The van der Waals surface area contributed by atoms with Crippen LogP contribution in [0.2, 0.25) is 0 Å². The number of carbonyl (C=O) groups is 3. The van der Waals surface area contributed by atoms with Gasteiger partial charge in [0, 0.05) is 29.9 Å². The van der Waals surface area contributed by atoms with Crippen molar-refractivity contribution in [3.05, 3.63) is 52.2 Å². The van der Waals surface area contributed by atoms with Gasteiger partial charge in [0.2, 0.25) is 5.91 Å². The number of pyridine rings is 1. The van der Waals surface area contributed by atoms with Gasteiger partial charge in [0.05, 0.1) is 18.7 Å². The van der Waals surface area contributed by atoms with E-state index in [2.05, 4.69) is 16.4 Å². The lowest BCUT2D eigenvalue weighted by atomic mass is 10.0. The number of ether oxygens (including phenoxy) is 2. The van der Waals surface area contributed by atoms with Crippen molar-refractivity contribution in [3.8, 4) is 6.07 Å². The number of amides is 2. The lowest BCUT2D eigenvalue weighted by Gasteiger charge is -2.25. The van der Waals surface area contributed by atoms with Crippen LogP contribution >= 0.6 is 11.3 Å². The van der Waals surface area contributed by atoms with Crippen LogP contribution in [0.25, 0.3) is 6.08 Å². The van der Waals surface area contributed by atoms with Gasteiger partial charge < -0.3 is 19.7 Å². The summed E-state index contributed by atoms with van der Waals surface area (Å²) in [5.74, 6) is -0.981. The van der Waals surface area contributed by atoms with Crippen molar-refractivity contribution in [2.24, 2.45) is 0 Å². The zero-order chi connectivity index (χ0) is 22.2. The summed E-state index contributed by atoms with van der Waals surface area (Å²) in [4.78, 5) is 42.1. The molecular formula is C21H20N4O5S. The average molecular weight is 440 g/mol. The molecule has 0 spiro atoms. The van der Waals surface area contributed by atoms with Crippen molar-refractivity contribution in [2.45, 2.75) is 19.9 Å². The number of hydrogen-bond donors (Lipinski definition) is 1. The van der Waals surface area contributed by atoms with Crippen molar-refractivity contribution in [3.63, 3.8) is 0 Å². The molecule has 160 valence electrons. The third-order valence-corrected chi connectivity index (χ3v) is 5.53. The Bertz CT molecular complexity index is 1040. The summed E-state index contributed by atoms with van der Waals surface area (Å²) in [6.45, 7) is 2.00. The molecule has 0 fully saturated rings. The molecule has 9 nitrogen and oxygen atoms in total. The molecule has 1 aliphatic heterocycles. The lowest BCUT2D eigenvalue weighted by Crippen LogP contribution is -2.36. The van der Waals surface area contributed by atoms with E-state index in [0.29, 0.717) is 23.5 Å². The fourth-order valence-corrected chi connectivity index (χ4v) is 4.20. The normalized spacial score (nSPS) is 12.7. The summed E-state index contributed by atoms with van der Waals surface area (Å²) in [7, 11) is 0. The second-order valence-corrected chi connectivity index (χ2v) is 7.56. The molecule has 0 aliphatic carbocycles. The van der Waals surface area contributed by atoms with E-state index in [1.54, 1.807) is 31.5 Å². The van der Waals surface area contributed by atoms with E-state index in [1.807, 2.05) is 6.07 Å². The predicted molar refractivity (Wildman–Crippen MR) is 113 cm³/mol. The van der Waals surface area contributed by atoms with Gasteiger partial charge in [-0.05, 0) is 36.6 Å². The van der Waals surface area contributed by atoms with Gasteiger partial charge in [-0.25, -0.2) is 9.59 Å². The second-order valence-electron chi connectivity index (χ2n) is 6.46. The van der Waals surface area contributed by atoms with Crippen molar-refractivity contribution >= 4 is 40.4 Å². The molecule has 0 unspecified atom stereocenters. The van der Waals surface area contributed by atoms with E-state index in [-0.39, 0.29) is 19.1 Å². The predicted octanol–water partition coefficient (Wildman–Crippen LogP) is 2.72. The first-order valence-corrected chi connectivity index (χ1v) is 10.3. The molecule has 31 heavy (non-hydrogen) atoms. The van der Waals surface area contributed by atoms with Crippen LogP contribution in [0.15, 0.2) is 30.6 Å². The first-order valence-electron chi connectivity index (χ1n) is 9.52. The van der Waals surface area contributed by atoms with Crippen molar-refractivity contribution in [1.82, 2.24) is 9.88 Å². The molecule has 1 aliphatic rings. The topological polar surface area (TPSA) is 122 Å². The molecular weight excluding hydrogens is 420 g/mol. The molecule has 2 aromatic heterocycles. The molecule has 10 heteroatoms. The molecule has 3 heterocycles. The Morgan fingerprint density at radius 3 is 2.94 bits per heavy atom. The van der Waals surface area contributed by atoms with Crippen LogP contribution in [0.3, 0.4) is 0 Å². The van der Waals surface area contributed by atoms with Crippen LogP contribution in [-0.4, -0.2) is 47.6 Å². The molecule has 0 radical (unpaired) electrons. The van der Waals surface area contributed by atoms with Crippen molar-refractivity contribution in [2.75, 3.05) is 25.1 Å². The van der Waals surface area contributed by atoms with E-state index in [0.717, 1.165) is 16.0 Å². The van der Waals surface area contributed by atoms with E-state index in [4.69, 9.17) is 9.47 Å². The SMILES string of the molecule is CCOC(=O)COC(=O)N1CCc2c(sc(NC(=O)C=Cc3cccnc3)c2C#N)C1. The minimum Gasteiger partial charge on any atom is -0.463 e. The van der Waals surface area contributed by atoms with Gasteiger partial charge in [0.1, 0.15) is 11.1 Å². The Balaban J connectivity index is 1.65. The largest absolute Gasteiger partial charge is 0.463 e. The van der Waals surface area contributed by atoms with Gasteiger partial charge >= 0.3 is 12.1 Å². The molecule has 0 bridgehead atoms. The molecule has 0 saturated carbocycles. The molecule has 0 saturated heterocycles. The number of fused-ring (bicyclic) bond motifs is 1. The van der Waals surface area contributed by atoms with E-state index in [9.17, 15) is 19.6 Å². The smallest absolute Gasteiger partial charge is 0.410 e. The Morgan fingerprint density at radius 2 is 2.23 bits per heavy atom. The monoisotopic (exact) mass is 440 g/mol. The van der Waals surface area contributed by atoms with Crippen LogP contribution in [-0.2, 0) is 32.0 Å². The Morgan fingerprint density at radius 1 is 1.39 bits per heavy atom. The summed E-state index contributed by atoms with van der Waals surface area (Å²) in [5, 5.41) is 12.8. The summed E-state index contributed by atoms with van der Waals surface area (Å²) in [6.07, 6.45) is 6.09. The number of esters is 1. The zero-order valence-electron chi connectivity index (χ0n) is 16.8. The Labute approximate surface area is 182 Å². The zero-order valence-corrected chi connectivity index (χ0v) is 17.6. The number of nitriles is 1. The maximum Gasteiger partial charge on any atom is 0.410 e. The summed E-state index contributed by atoms with van der Waals surface area (Å²) < 4.78 is 9.72. The van der Waals surface area contributed by atoms with E-state index >= 15 is 0 Å². The van der Waals surface area contributed by atoms with Crippen LogP contribution in [0, 0.1) is 11.3 Å². The number of aromatic nitrogens is 1. The van der Waals surface area contributed by atoms with Gasteiger partial charge in [-0.2, -0.15) is 5.26 Å². The highest BCUT2D eigenvalue weighted by Crippen LogP contribution is 2.36. The number of anilines is 1. The molecule has 2 aromatic rings. The quantitative estimate of drug-likeness (QED) is 0.541.